The van der Waals surface area contributed by atoms with E-state index in [1.54, 1.807) is 24.2 Å². The number of hydrogen-bond acceptors (Lipinski definition) is 7. The molecule has 0 radical (unpaired) electrons. The fraction of sp³-hybridized carbons (Fsp3) is 0.462. The molecule has 262 valence electrons. The molecule has 1 N–H and O–H groups in total. The van der Waals surface area contributed by atoms with Crippen LogP contribution < -0.4 is 20.7 Å². The summed E-state index contributed by atoms with van der Waals surface area (Å²) in [5.41, 5.74) is 7.21. The van der Waals surface area contributed by atoms with E-state index in [4.69, 9.17) is 9.72 Å². The van der Waals surface area contributed by atoms with Crippen LogP contribution in [0.4, 0.5) is 27.3 Å². The molecule has 2 saturated heterocycles. The molecule has 2 atom stereocenters. The molecule has 0 spiro atoms. The lowest BCUT2D eigenvalue weighted by Gasteiger charge is -2.50. The van der Waals surface area contributed by atoms with Gasteiger partial charge in [0.2, 0.25) is 0 Å². The highest BCUT2D eigenvalue weighted by molar-refractivity contribution is 6.07. The van der Waals surface area contributed by atoms with Crippen molar-refractivity contribution in [1.82, 2.24) is 19.0 Å². The number of pyridine rings is 2. The van der Waals surface area contributed by atoms with Crippen LogP contribution in [-0.4, -0.2) is 75.9 Å². The molecule has 6 heterocycles. The lowest BCUT2D eigenvalue weighted by Crippen LogP contribution is -2.63. The maximum atomic E-state index is 15.5. The zero-order valence-electron chi connectivity index (χ0n) is 29.4. The fourth-order valence-electron chi connectivity index (χ4n) is 8.51. The number of halogens is 1. The second-order valence-electron chi connectivity index (χ2n) is 14.4. The molecule has 11 heteroatoms. The minimum atomic E-state index is -0.425. The van der Waals surface area contributed by atoms with Gasteiger partial charge in [-0.25, -0.2) is 9.37 Å². The van der Waals surface area contributed by atoms with Gasteiger partial charge in [0.1, 0.15) is 23.0 Å². The Hall–Kier alpha value is -4.48. The van der Waals surface area contributed by atoms with E-state index in [1.165, 1.54) is 28.0 Å². The van der Waals surface area contributed by atoms with Crippen LogP contribution in [0.2, 0.25) is 0 Å². The van der Waals surface area contributed by atoms with Gasteiger partial charge in [0, 0.05) is 62.8 Å². The molecule has 3 aromatic heterocycles. The number of aryl methyl sites for hydroxylation is 2. The average molecular weight is 680 g/mol. The first kappa shape index (κ1) is 32.7. The minimum absolute atomic E-state index is 0.0899. The highest BCUT2D eigenvalue weighted by Crippen LogP contribution is 2.37. The molecule has 4 aromatic rings. The number of nitrogens with one attached hydrogen (secondary N) is 1. The summed E-state index contributed by atoms with van der Waals surface area (Å²) < 4.78 is 24.6. The van der Waals surface area contributed by atoms with Crippen molar-refractivity contribution in [2.45, 2.75) is 77.5 Å². The zero-order chi connectivity index (χ0) is 34.7. The number of piperazine rings is 1. The number of ether oxygens (including phenoxy) is 1. The lowest BCUT2D eigenvalue weighted by molar-refractivity contribution is -0.0828. The minimum Gasteiger partial charge on any atom is -0.378 e. The first-order valence-corrected chi connectivity index (χ1v) is 18.1. The van der Waals surface area contributed by atoms with E-state index in [0.29, 0.717) is 71.6 Å². The molecule has 0 unspecified atom stereocenters. The van der Waals surface area contributed by atoms with Gasteiger partial charge < -0.3 is 29.0 Å². The number of hydrogen-bond donors (Lipinski definition) is 1. The summed E-state index contributed by atoms with van der Waals surface area (Å²) in [4.78, 5) is 38.7. The summed E-state index contributed by atoms with van der Waals surface area (Å²) in [7, 11) is 1.70. The number of nitrogens with zero attached hydrogens (tertiary/aromatic N) is 6. The van der Waals surface area contributed by atoms with Crippen LogP contribution in [-0.2, 0) is 37.6 Å². The van der Waals surface area contributed by atoms with Crippen LogP contribution in [0, 0.1) is 5.82 Å². The summed E-state index contributed by atoms with van der Waals surface area (Å²) in [6, 6.07) is 12.0. The second kappa shape index (κ2) is 13.0. The largest absolute Gasteiger partial charge is 0.378 e. The molecule has 8 rings (SSSR count). The first-order valence-electron chi connectivity index (χ1n) is 18.1. The number of rotatable bonds is 7. The van der Waals surface area contributed by atoms with Crippen LogP contribution in [0.25, 0.3) is 11.1 Å². The first-order chi connectivity index (χ1) is 24.2. The number of amides is 1. The SMILES string of the molecule is CCc1c(-c2cc(Nc3ccc(N4C[C@@H](C)N(C5COC5)C[C@@H]4C)cn3)c(=O)n(C)c2)cc(F)cc1N1CCn2c(cc3c2CCCC3)C1=O. The standard InChI is InChI=1S/C39H46FN7O3/c1-5-31-32(16-28(40)17-35(31)45-13-12-44-34-9-7-6-8-26(34)15-36(44)39(45)49)27-14-33(38(48)43(4)21-27)42-37-11-10-29(18-41-37)46-19-25(3)47(20-24(46)2)30-22-50-23-30/h10-11,14-18,21,24-25,30H,5-9,12-13,19-20,22-23H2,1-4H3,(H,41,42)/t24-,25+/m0/s1. The van der Waals surface area contributed by atoms with Crippen LogP contribution in [0.1, 0.15) is 60.9 Å². The van der Waals surface area contributed by atoms with Crippen molar-refractivity contribution in [2.75, 3.05) is 48.0 Å². The van der Waals surface area contributed by atoms with E-state index in [2.05, 4.69) is 33.5 Å². The lowest BCUT2D eigenvalue weighted by atomic mass is 9.95. The van der Waals surface area contributed by atoms with E-state index in [-0.39, 0.29) is 11.5 Å². The van der Waals surface area contributed by atoms with Crippen LogP contribution in [0.15, 0.2) is 53.6 Å². The van der Waals surface area contributed by atoms with Crippen molar-refractivity contribution in [2.24, 2.45) is 7.05 Å². The molecule has 1 amide bonds. The predicted octanol–water partition coefficient (Wildman–Crippen LogP) is 5.53. The Morgan fingerprint density at radius 1 is 1.00 bits per heavy atom. The number of carbonyl (C=O) groups excluding carboxylic acids is 1. The Labute approximate surface area is 292 Å². The van der Waals surface area contributed by atoms with Gasteiger partial charge in [-0.3, -0.25) is 14.5 Å². The third-order valence-corrected chi connectivity index (χ3v) is 11.2. The molecule has 2 fully saturated rings. The smallest absolute Gasteiger partial charge is 0.274 e. The number of aromatic nitrogens is 3. The van der Waals surface area contributed by atoms with Gasteiger partial charge >= 0.3 is 0 Å². The van der Waals surface area contributed by atoms with E-state index in [1.807, 2.05) is 31.3 Å². The van der Waals surface area contributed by atoms with Gasteiger partial charge in [0.25, 0.3) is 11.5 Å². The monoisotopic (exact) mass is 679 g/mol. The Bertz CT molecular complexity index is 2000. The van der Waals surface area contributed by atoms with Crippen molar-refractivity contribution in [3.05, 3.63) is 87.5 Å². The van der Waals surface area contributed by atoms with E-state index >= 15 is 4.39 Å². The quantitative estimate of drug-likeness (QED) is 0.275. The van der Waals surface area contributed by atoms with E-state index < -0.39 is 5.82 Å². The van der Waals surface area contributed by atoms with Crippen molar-refractivity contribution >= 4 is 28.8 Å². The molecule has 0 bridgehead atoms. The van der Waals surface area contributed by atoms with Gasteiger partial charge in [-0.2, -0.15) is 0 Å². The Morgan fingerprint density at radius 2 is 1.82 bits per heavy atom. The normalized spacial score (nSPS) is 21.2. The van der Waals surface area contributed by atoms with Crippen molar-refractivity contribution in [3.63, 3.8) is 0 Å². The summed E-state index contributed by atoms with van der Waals surface area (Å²) in [5.74, 6) is 0.0356. The van der Waals surface area contributed by atoms with Gasteiger partial charge in [-0.1, -0.05) is 6.92 Å². The third-order valence-electron chi connectivity index (χ3n) is 11.2. The van der Waals surface area contributed by atoms with Gasteiger partial charge in [0.15, 0.2) is 0 Å². The molecular weight excluding hydrogens is 633 g/mol. The molecule has 0 saturated carbocycles. The number of fused-ring (bicyclic) bond motifs is 3. The summed E-state index contributed by atoms with van der Waals surface area (Å²) in [6.45, 7) is 11.2. The molecule has 4 aliphatic rings. The Morgan fingerprint density at radius 3 is 2.56 bits per heavy atom. The molecular formula is C39H46FN7O3. The van der Waals surface area contributed by atoms with Crippen molar-refractivity contribution < 1.29 is 13.9 Å². The highest BCUT2D eigenvalue weighted by atomic mass is 19.1. The molecule has 10 nitrogen and oxygen atoms in total. The van der Waals surface area contributed by atoms with Crippen LogP contribution in [0.3, 0.4) is 0 Å². The zero-order valence-corrected chi connectivity index (χ0v) is 29.4. The van der Waals surface area contributed by atoms with Gasteiger partial charge in [-0.15, -0.1) is 0 Å². The topological polar surface area (TPSA) is 87.9 Å². The van der Waals surface area contributed by atoms with Crippen molar-refractivity contribution in [3.8, 4) is 11.1 Å². The summed E-state index contributed by atoms with van der Waals surface area (Å²) in [5, 5.41) is 3.24. The second-order valence-corrected chi connectivity index (χ2v) is 14.4. The van der Waals surface area contributed by atoms with Crippen LogP contribution >= 0.6 is 0 Å². The molecule has 1 aliphatic carbocycles. The van der Waals surface area contributed by atoms with E-state index in [0.717, 1.165) is 63.2 Å². The van der Waals surface area contributed by atoms with Crippen molar-refractivity contribution in [1.29, 1.82) is 0 Å². The number of anilines is 4. The third kappa shape index (κ3) is 5.70. The molecule has 1 aromatic carbocycles. The molecule has 50 heavy (non-hydrogen) atoms. The fourth-order valence-corrected chi connectivity index (χ4v) is 8.51. The van der Waals surface area contributed by atoms with Gasteiger partial charge in [-0.05, 0) is 99.0 Å². The van der Waals surface area contributed by atoms with Crippen LogP contribution in [0.5, 0.6) is 0 Å². The number of benzene rings is 1. The average Bonchev–Trinajstić information content (AvgIpc) is 3.47. The molecule has 3 aliphatic heterocycles. The van der Waals surface area contributed by atoms with E-state index in [9.17, 15) is 9.59 Å². The Balaban J connectivity index is 1.06. The number of carbonyl (C=O) groups is 1. The van der Waals surface area contributed by atoms with Gasteiger partial charge in [0.05, 0.1) is 36.8 Å². The maximum absolute atomic E-state index is 15.5. The highest BCUT2D eigenvalue weighted by Gasteiger charge is 2.37. The predicted molar refractivity (Wildman–Crippen MR) is 194 cm³/mol. The summed E-state index contributed by atoms with van der Waals surface area (Å²) in [6.07, 6.45) is 8.47. The summed E-state index contributed by atoms with van der Waals surface area (Å²) >= 11 is 0. The maximum Gasteiger partial charge on any atom is 0.274 e. The Kier molecular flexibility index (Phi) is 8.51.